The van der Waals surface area contributed by atoms with Gasteiger partial charge in [-0.2, -0.15) is 5.10 Å². The molecule has 0 amide bonds. The van der Waals surface area contributed by atoms with Crippen molar-refractivity contribution in [2.45, 2.75) is 0 Å². The van der Waals surface area contributed by atoms with Crippen molar-refractivity contribution in [1.29, 1.82) is 5.41 Å². The Morgan fingerprint density at radius 1 is 1.62 bits per heavy atom. The highest BCUT2D eigenvalue weighted by Crippen LogP contribution is 2.08. The molecule has 5 N–H and O–H groups in total. The van der Waals surface area contributed by atoms with Crippen LogP contribution in [0, 0.1) is 5.41 Å². The summed E-state index contributed by atoms with van der Waals surface area (Å²) in [5, 5.41) is 19.5. The maximum absolute atomic E-state index is 9.07. The van der Waals surface area contributed by atoms with Gasteiger partial charge in [-0.3, -0.25) is 5.41 Å². The largest absolute Gasteiger partial charge is 0.508 e. The first kappa shape index (κ1) is 9.05. The minimum Gasteiger partial charge on any atom is -0.508 e. The number of hydrazone groups is 1. The highest BCUT2D eigenvalue weighted by Gasteiger charge is 1.89. The minimum absolute atomic E-state index is 0.173. The maximum atomic E-state index is 9.07. The summed E-state index contributed by atoms with van der Waals surface area (Å²) in [5.41, 5.74) is 7.99. The van der Waals surface area contributed by atoms with Gasteiger partial charge in [-0.05, 0) is 17.7 Å². The number of phenolic OH excluding ortho intramolecular Hbond substituents is 1. The molecule has 0 atom stereocenters. The standard InChI is InChI=1S/C8H10N4O/c9-8(10)12-11-5-6-2-1-3-7(13)4-6/h1-5,13H,(H4,9,10,12)/b11-5-. The van der Waals surface area contributed by atoms with Crippen molar-refractivity contribution < 1.29 is 5.11 Å². The smallest absolute Gasteiger partial charge is 0.206 e. The molecule has 1 aromatic carbocycles. The summed E-state index contributed by atoms with van der Waals surface area (Å²) in [7, 11) is 0. The number of nitrogens with two attached hydrogens (primary N) is 1. The third-order valence-corrected chi connectivity index (χ3v) is 1.27. The summed E-state index contributed by atoms with van der Waals surface area (Å²) < 4.78 is 0. The molecule has 0 aliphatic heterocycles. The number of guanidine groups is 1. The molecule has 0 unspecified atom stereocenters. The fraction of sp³-hybridized carbons (Fsp3) is 0. The topological polar surface area (TPSA) is 94.5 Å². The predicted octanol–water partition coefficient (Wildman–Crippen LogP) is 0.209. The van der Waals surface area contributed by atoms with E-state index in [0.717, 1.165) is 5.56 Å². The van der Waals surface area contributed by atoms with E-state index in [1.807, 2.05) is 0 Å². The lowest BCUT2D eigenvalue weighted by Crippen LogP contribution is -2.25. The maximum Gasteiger partial charge on any atom is 0.206 e. The van der Waals surface area contributed by atoms with Gasteiger partial charge >= 0.3 is 0 Å². The number of nitrogens with one attached hydrogen (secondary N) is 2. The first-order valence-electron chi connectivity index (χ1n) is 3.60. The Labute approximate surface area is 75.4 Å². The Morgan fingerprint density at radius 2 is 2.38 bits per heavy atom. The zero-order valence-electron chi connectivity index (χ0n) is 6.86. The Balaban J connectivity index is 2.63. The van der Waals surface area contributed by atoms with Gasteiger partial charge in [0.2, 0.25) is 5.96 Å². The van der Waals surface area contributed by atoms with Gasteiger partial charge in [0.05, 0.1) is 6.21 Å². The van der Waals surface area contributed by atoms with Crippen molar-refractivity contribution in [3.8, 4) is 5.75 Å². The van der Waals surface area contributed by atoms with Gasteiger partial charge in [-0.15, -0.1) is 0 Å². The molecule has 0 aliphatic carbocycles. The molecule has 0 radical (unpaired) electrons. The Hall–Kier alpha value is -2.04. The van der Waals surface area contributed by atoms with Crippen LogP contribution in [0.4, 0.5) is 0 Å². The molecule has 0 spiro atoms. The molecule has 0 fully saturated rings. The Kier molecular flexibility index (Phi) is 2.86. The second-order valence-corrected chi connectivity index (χ2v) is 2.38. The van der Waals surface area contributed by atoms with E-state index in [9.17, 15) is 0 Å². The van der Waals surface area contributed by atoms with E-state index in [4.69, 9.17) is 16.2 Å². The van der Waals surface area contributed by atoms with Crippen LogP contribution in [0.2, 0.25) is 0 Å². The van der Waals surface area contributed by atoms with E-state index in [1.54, 1.807) is 24.3 Å². The highest BCUT2D eigenvalue weighted by molar-refractivity contribution is 5.82. The van der Waals surface area contributed by atoms with E-state index in [-0.39, 0.29) is 11.7 Å². The van der Waals surface area contributed by atoms with Gasteiger partial charge in [-0.25, -0.2) is 5.43 Å². The fourth-order valence-electron chi connectivity index (χ4n) is 0.781. The summed E-state index contributed by atoms with van der Waals surface area (Å²) in [6.07, 6.45) is 1.46. The fourth-order valence-corrected chi connectivity index (χ4v) is 0.781. The molecule has 0 aliphatic rings. The summed E-state index contributed by atoms with van der Waals surface area (Å²) in [6, 6.07) is 6.58. The zero-order chi connectivity index (χ0) is 9.68. The second-order valence-electron chi connectivity index (χ2n) is 2.38. The molecular weight excluding hydrogens is 168 g/mol. The van der Waals surface area contributed by atoms with Crippen molar-refractivity contribution in [3.05, 3.63) is 29.8 Å². The van der Waals surface area contributed by atoms with Crippen LogP contribution >= 0.6 is 0 Å². The van der Waals surface area contributed by atoms with E-state index in [2.05, 4.69) is 10.5 Å². The molecule has 0 saturated carbocycles. The second kappa shape index (κ2) is 4.10. The van der Waals surface area contributed by atoms with Gasteiger partial charge in [0.25, 0.3) is 0 Å². The molecule has 1 aromatic rings. The summed E-state index contributed by atoms with van der Waals surface area (Å²) in [6.45, 7) is 0. The van der Waals surface area contributed by atoms with Gasteiger partial charge in [0.15, 0.2) is 0 Å². The number of phenols is 1. The van der Waals surface area contributed by atoms with E-state index in [1.165, 1.54) is 6.21 Å². The summed E-state index contributed by atoms with van der Waals surface area (Å²) >= 11 is 0. The van der Waals surface area contributed by atoms with E-state index >= 15 is 0 Å². The zero-order valence-corrected chi connectivity index (χ0v) is 6.86. The molecule has 0 aromatic heterocycles. The summed E-state index contributed by atoms with van der Waals surface area (Å²) in [4.78, 5) is 0. The van der Waals surface area contributed by atoms with E-state index in [0.29, 0.717) is 0 Å². The Bertz CT molecular complexity index is 335. The minimum atomic E-state index is -0.226. The molecule has 0 bridgehead atoms. The predicted molar refractivity (Wildman–Crippen MR) is 50.8 cm³/mol. The first-order chi connectivity index (χ1) is 6.18. The first-order valence-corrected chi connectivity index (χ1v) is 3.60. The lowest BCUT2D eigenvalue weighted by atomic mass is 10.2. The monoisotopic (exact) mass is 178 g/mol. The average molecular weight is 178 g/mol. The van der Waals surface area contributed by atoms with Crippen LogP contribution in [-0.4, -0.2) is 17.3 Å². The van der Waals surface area contributed by atoms with Crippen molar-refractivity contribution in [3.63, 3.8) is 0 Å². The van der Waals surface area contributed by atoms with Crippen LogP contribution < -0.4 is 11.2 Å². The SMILES string of the molecule is N=C(N)N/N=C\c1cccc(O)c1. The number of aromatic hydroxyl groups is 1. The molecule has 5 nitrogen and oxygen atoms in total. The lowest BCUT2D eigenvalue weighted by molar-refractivity contribution is 0.475. The number of rotatable bonds is 2. The molecular formula is C8H10N4O. The quantitative estimate of drug-likeness (QED) is 0.296. The lowest BCUT2D eigenvalue weighted by Gasteiger charge is -1.95. The highest BCUT2D eigenvalue weighted by atomic mass is 16.3. The Morgan fingerprint density at radius 3 is 3.00 bits per heavy atom. The van der Waals surface area contributed by atoms with Crippen LogP contribution in [0.1, 0.15) is 5.56 Å². The molecule has 1 rings (SSSR count). The molecule has 0 heterocycles. The van der Waals surface area contributed by atoms with Gasteiger partial charge in [0.1, 0.15) is 5.75 Å². The van der Waals surface area contributed by atoms with Crippen molar-refractivity contribution in [1.82, 2.24) is 5.43 Å². The normalized spacial score (nSPS) is 10.2. The van der Waals surface area contributed by atoms with Gasteiger partial charge < -0.3 is 10.8 Å². The van der Waals surface area contributed by atoms with Gasteiger partial charge in [0, 0.05) is 0 Å². The molecule has 68 valence electrons. The molecule has 5 heteroatoms. The van der Waals surface area contributed by atoms with Crippen LogP contribution in [0.5, 0.6) is 5.75 Å². The molecule has 13 heavy (non-hydrogen) atoms. The third kappa shape index (κ3) is 3.24. The van der Waals surface area contributed by atoms with Crippen molar-refractivity contribution >= 4 is 12.2 Å². The average Bonchev–Trinajstić information content (AvgIpc) is 2.03. The number of hydrogen-bond donors (Lipinski definition) is 4. The van der Waals surface area contributed by atoms with Crippen LogP contribution in [0.15, 0.2) is 29.4 Å². The van der Waals surface area contributed by atoms with Gasteiger partial charge in [-0.1, -0.05) is 12.1 Å². The number of nitrogens with zero attached hydrogens (tertiary/aromatic N) is 1. The van der Waals surface area contributed by atoms with Crippen molar-refractivity contribution in [2.24, 2.45) is 10.8 Å². The van der Waals surface area contributed by atoms with E-state index < -0.39 is 0 Å². The number of hydrogen-bond acceptors (Lipinski definition) is 3. The van der Waals surface area contributed by atoms with Crippen LogP contribution in [0.25, 0.3) is 0 Å². The number of benzene rings is 1. The molecule has 0 saturated heterocycles. The third-order valence-electron chi connectivity index (χ3n) is 1.27. The van der Waals surface area contributed by atoms with Crippen molar-refractivity contribution in [2.75, 3.05) is 0 Å². The van der Waals surface area contributed by atoms with Crippen LogP contribution in [0.3, 0.4) is 0 Å². The van der Waals surface area contributed by atoms with Crippen LogP contribution in [-0.2, 0) is 0 Å². The summed E-state index contributed by atoms with van der Waals surface area (Å²) in [5.74, 6) is -0.0526.